The molecule has 2 atom stereocenters. The fourth-order valence-electron chi connectivity index (χ4n) is 2.06. The number of alkyl halides is 7. The summed E-state index contributed by atoms with van der Waals surface area (Å²) in [5.74, 6) is -9.31. The van der Waals surface area contributed by atoms with Crippen molar-refractivity contribution in [1.82, 2.24) is 5.32 Å². The Kier molecular flexibility index (Phi) is 4.67. The fraction of sp³-hybridized carbons (Fsp3) is 0.900. The van der Waals surface area contributed by atoms with E-state index in [9.17, 15) is 35.5 Å². The molecule has 1 amide bonds. The Morgan fingerprint density at radius 1 is 1.05 bits per heavy atom. The lowest BCUT2D eigenvalue weighted by Crippen LogP contribution is -2.54. The summed E-state index contributed by atoms with van der Waals surface area (Å²) in [6.07, 6.45) is -8.80. The molecule has 0 heterocycles. The first kappa shape index (κ1) is 16.0. The number of rotatable bonds is 3. The van der Waals surface area contributed by atoms with Gasteiger partial charge in [0.05, 0.1) is 5.92 Å². The van der Waals surface area contributed by atoms with Gasteiger partial charge in [-0.15, -0.1) is 0 Å². The van der Waals surface area contributed by atoms with Crippen LogP contribution in [0.15, 0.2) is 0 Å². The second-order valence-electron chi connectivity index (χ2n) is 4.44. The van der Waals surface area contributed by atoms with Crippen LogP contribution < -0.4 is 5.32 Å². The molecule has 0 saturated heterocycles. The molecule has 1 saturated carbocycles. The van der Waals surface area contributed by atoms with E-state index in [2.05, 4.69) is 0 Å². The number of halogens is 7. The average molecular weight is 295 g/mol. The van der Waals surface area contributed by atoms with E-state index >= 15 is 0 Å². The predicted octanol–water partition coefficient (Wildman–Crippen LogP) is 3.12. The van der Waals surface area contributed by atoms with E-state index in [4.69, 9.17) is 0 Å². The van der Waals surface area contributed by atoms with Crippen molar-refractivity contribution in [3.8, 4) is 0 Å². The van der Waals surface area contributed by atoms with Crippen molar-refractivity contribution in [2.24, 2.45) is 5.92 Å². The van der Waals surface area contributed by atoms with Gasteiger partial charge in [-0.3, -0.25) is 4.79 Å². The molecule has 0 aromatic carbocycles. The minimum absolute atomic E-state index is 0.158. The maximum Gasteiger partial charge on any atom is 0.393 e. The lowest BCUT2D eigenvalue weighted by molar-refractivity contribution is -0.193. The summed E-state index contributed by atoms with van der Waals surface area (Å²) in [4.78, 5) is 10.9. The van der Waals surface area contributed by atoms with Crippen LogP contribution in [0.5, 0.6) is 0 Å². The zero-order valence-corrected chi connectivity index (χ0v) is 9.61. The van der Waals surface area contributed by atoms with Crippen molar-refractivity contribution in [3.05, 3.63) is 0 Å². The highest BCUT2D eigenvalue weighted by atomic mass is 19.4. The lowest BCUT2D eigenvalue weighted by atomic mass is 9.84. The minimum Gasteiger partial charge on any atom is -0.347 e. The molecule has 1 N–H and O–H groups in total. The second kappa shape index (κ2) is 5.54. The molecule has 0 bridgehead atoms. The topological polar surface area (TPSA) is 29.1 Å². The number of hydrogen-bond donors (Lipinski definition) is 1. The summed E-state index contributed by atoms with van der Waals surface area (Å²) in [5, 5.41) is 1.41. The minimum atomic E-state index is -4.98. The third-order valence-electron chi connectivity index (χ3n) is 3.08. The molecule has 0 aromatic rings. The predicted molar refractivity (Wildman–Crippen MR) is 50.9 cm³/mol. The summed E-state index contributed by atoms with van der Waals surface area (Å²) in [5.41, 5.74) is 0. The summed E-state index contributed by atoms with van der Waals surface area (Å²) in [6, 6.07) is -1.58. The highest BCUT2D eigenvalue weighted by Gasteiger charge is 2.52. The molecule has 9 heteroatoms. The highest BCUT2D eigenvalue weighted by Crippen LogP contribution is 2.38. The average Bonchev–Trinajstić information content (AvgIpc) is 2.27. The van der Waals surface area contributed by atoms with Gasteiger partial charge in [0.2, 0.25) is 0 Å². The quantitative estimate of drug-likeness (QED) is 0.796. The van der Waals surface area contributed by atoms with Crippen LogP contribution in [0.4, 0.5) is 30.7 Å². The van der Waals surface area contributed by atoms with E-state index in [1.54, 1.807) is 0 Å². The van der Waals surface area contributed by atoms with Gasteiger partial charge in [-0.2, -0.15) is 22.0 Å². The Balaban J connectivity index is 2.76. The third-order valence-corrected chi connectivity index (χ3v) is 3.08. The van der Waals surface area contributed by atoms with E-state index in [1.807, 2.05) is 0 Å². The van der Waals surface area contributed by atoms with Crippen LogP contribution in [0.1, 0.15) is 25.7 Å². The van der Waals surface area contributed by atoms with E-state index in [0.717, 1.165) is 0 Å². The number of hydrogen-bond acceptors (Lipinski definition) is 1. The highest BCUT2D eigenvalue weighted by molar-refractivity contribution is 5.84. The monoisotopic (exact) mass is 295 g/mol. The number of amides is 1. The van der Waals surface area contributed by atoms with Gasteiger partial charge in [0.25, 0.3) is 5.91 Å². The first-order valence-electron chi connectivity index (χ1n) is 5.60. The van der Waals surface area contributed by atoms with E-state index in [0.29, 0.717) is 6.42 Å². The van der Waals surface area contributed by atoms with Crippen LogP contribution in [-0.4, -0.2) is 30.5 Å². The zero-order chi connectivity index (χ0) is 14.8. The fourth-order valence-corrected chi connectivity index (χ4v) is 2.06. The Bertz CT molecular complexity index is 328. The molecular weight excluding hydrogens is 283 g/mol. The maximum atomic E-state index is 12.7. The molecule has 19 heavy (non-hydrogen) atoms. The first-order valence-corrected chi connectivity index (χ1v) is 5.60. The maximum absolute atomic E-state index is 12.7. The summed E-state index contributed by atoms with van der Waals surface area (Å²) < 4.78 is 87.0. The molecule has 1 rings (SSSR count). The van der Waals surface area contributed by atoms with E-state index < -0.39 is 36.4 Å². The van der Waals surface area contributed by atoms with Crippen LogP contribution in [0.3, 0.4) is 0 Å². The summed E-state index contributed by atoms with van der Waals surface area (Å²) >= 11 is 0. The van der Waals surface area contributed by atoms with Gasteiger partial charge < -0.3 is 5.32 Å². The lowest BCUT2D eigenvalue weighted by Gasteiger charge is -2.34. The Morgan fingerprint density at radius 3 is 2.05 bits per heavy atom. The molecule has 0 aliphatic heterocycles. The molecule has 2 nitrogen and oxygen atoms in total. The Hall–Kier alpha value is -1.02. The number of carbonyl (C=O) groups is 1. The summed E-state index contributed by atoms with van der Waals surface area (Å²) in [6.45, 7) is 0. The third kappa shape index (κ3) is 3.73. The van der Waals surface area contributed by atoms with E-state index in [1.165, 1.54) is 5.32 Å². The molecule has 112 valence electrons. The molecule has 0 aromatic heterocycles. The molecule has 0 radical (unpaired) electrons. The molecule has 2 unspecified atom stereocenters. The van der Waals surface area contributed by atoms with Gasteiger partial charge in [-0.05, 0) is 12.8 Å². The van der Waals surface area contributed by atoms with Crippen LogP contribution in [0.25, 0.3) is 0 Å². The molecule has 1 aliphatic carbocycles. The van der Waals surface area contributed by atoms with Gasteiger partial charge in [-0.25, -0.2) is 8.78 Å². The van der Waals surface area contributed by atoms with Crippen molar-refractivity contribution in [2.45, 2.75) is 50.2 Å². The van der Waals surface area contributed by atoms with Crippen LogP contribution in [-0.2, 0) is 4.79 Å². The smallest absolute Gasteiger partial charge is 0.347 e. The molecule has 1 fully saturated rings. The Labute approximate surface area is 104 Å². The standard InChI is InChI=1S/C10H12F7NO/c11-7(12)9(13,14)8(19)18-6-4-2-1-3-5(6)10(15,16)17/h5-7H,1-4H2,(H,18,19). The van der Waals surface area contributed by atoms with Crippen LogP contribution in [0, 0.1) is 5.92 Å². The van der Waals surface area contributed by atoms with Gasteiger partial charge in [0.15, 0.2) is 0 Å². The Morgan fingerprint density at radius 2 is 1.58 bits per heavy atom. The van der Waals surface area contributed by atoms with Crippen molar-refractivity contribution in [1.29, 1.82) is 0 Å². The van der Waals surface area contributed by atoms with Crippen LogP contribution in [0.2, 0.25) is 0 Å². The van der Waals surface area contributed by atoms with Gasteiger partial charge in [0.1, 0.15) is 0 Å². The SMILES string of the molecule is O=C(NC1CCCCC1C(F)(F)F)C(F)(F)C(F)F. The first-order chi connectivity index (χ1) is 8.56. The van der Waals surface area contributed by atoms with Crippen molar-refractivity contribution >= 4 is 5.91 Å². The van der Waals surface area contributed by atoms with Crippen molar-refractivity contribution < 1.29 is 35.5 Å². The molecule has 0 spiro atoms. The normalized spacial score (nSPS) is 25.5. The van der Waals surface area contributed by atoms with E-state index in [-0.39, 0.29) is 19.3 Å². The van der Waals surface area contributed by atoms with Crippen molar-refractivity contribution in [2.75, 3.05) is 0 Å². The number of nitrogens with one attached hydrogen (secondary N) is 1. The largest absolute Gasteiger partial charge is 0.393 e. The zero-order valence-electron chi connectivity index (χ0n) is 9.61. The molecule has 1 aliphatic rings. The summed E-state index contributed by atoms with van der Waals surface area (Å²) in [7, 11) is 0. The second-order valence-corrected chi connectivity index (χ2v) is 4.44. The van der Waals surface area contributed by atoms with Crippen LogP contribution >= 0.6 is 0 Å². The molecular formula is C10H12F7NO. The van der Waals surface area contributed by atoms with Gasteiger partial charge in [0, 0.05) is 6.04 Å². The van der Waals surface area contributed by atoms with Crippen molar-refractivity contribution in [3.63, 3.8) is 0 Å². The van der Waals surface area contributed by atoms with Gasteiger partial charge in [-0.1, -0.05) is 12.8 Å². The van der Waals surface area contributed by atoms with Gasteiger partial charge >= 0.3 is 18.5 Å². The number of carbonyl (C=O) groups excluding carboxylic acids is 1.